The standard InChI is InChI=1S/C11H18ClN3O3S/c1-8(2)7-18-4-3-15-19(16,17)9-5-10(12)11(13)14-6-9/h5-6,8,15H,3-4,7H2,1-2H3,(H2,13,14). The summed E-state index contributed by atoms with van der Waals surface area (Å²) in [5.74, 6) is 0.512. The topological polar surface area (TPSA) is 94.3 Å². The molecular weight excluding hydrogens is 290 g/mol. The Labute approximate surface area is 118 Å². The maximum atomic E-state index is 11.9. The fourth-order valence-electron chi connectivity index (χ4n) is 1.23. The average molecular weight is 308 g/mol. The Morgan fingerprint density at radius 1 is 1.53 bits per heavy atom. The Kier molecular flexibility index (Phi) is 5.99. The summed E-state index contributed by atoms with van der Waals surface area (Å²) >= 11 is 5.73. The van der Waals surface area contributed by atoms with Gasteiger partial charge < -0.3 is 10.5 Å². The SMILES string of the molecule is CC(C)COCCNS(=O)(=O)c1cnc(N)c(Cl)c1. The number of aromatic nitrogens is 1. The lowest BCUT2D eigenvalue weighted by Crippen LogP contribution is -2.28. The van der Waals surface area contributed by atoms with Crippen molar-refractivity contribution < 1.29 is 13.2 Å². The van der Waals surface area contributed by atoms with Gasteiger partial charge in [-0.3, -0.25) is 0 Å². The minimum Gasteiger partial charge on any atom is -0.382 e. The van der Waals surface area contributed by atoms with Crippen molar-refractivity contribution in [3.63, 3.8) is 0 Å². The summed E-state index contributed by atoms with van der Waals surface area (Å²) in [6.45, 7) is 5.14. The van der Waals surface area contributed by atoms with Crippen molar-refractivity contribution in [1.82, 2.24) is 9.71 Å². The number of anilines is 1. The Morgan fingerprint density at radius 2 is 2.21 bits per heavy atom. The van der Waals surface area contributed by atoms with Gasteiger partial charge in [0.25, 0.3) is 0 Å². The molecule has 0 amide bonds. The first-order chi connectivity index (χ1) is 8.83. The average Bonchev–Trinajstić information content (AvgIpc) is 2.31. The Balaban J connectivity index is 2.54. The zero-order valence-electron chi connectivity index (χ0n) is 10.9. The van der Waals surface area contributed by atoms with Gasteiger partial charge in [-0.1, -0.05) is 25.4 Å². The van der Waals surface area contributed by atoms with Gasteiger partial charge in [-0.05, 0) is 12.0 Å². The molecule has 108 valence electrons. The van der Waals surface area contributed by atoms with Gasteiger partial charge in [0.1, 0.15) is 10.7 Å². The van der Waals surface area contributed by atoms with Crippen molar-refractivity contribution in [2.45, 2.75) is 18.7 Å². The lowest BCUT2D eigenvalue weighted by Gasteiger charge is -2.09. The van der Waals surface area contributed by atoms with Gasteiger partial charge >= 0.3 is 0 Å². The molecule has 1 heterocycles. The van der Waals surface area contributed by atoms with Crippen LogP contribution in [0.1, 0.15) is 13.8 Å². The normalized spacial score (nSPS) is 12.0. The van der Waals surface area contributed by atoms with Crippen LogP contribution in [-0.4, -0.2) is 33.2 Å². The van der Waals surface area contributed by atoms with E-state index in [2.05, 4.69) is 9.71 Å². The third-order valence-corrected chi connectivity index (χ3v) is 3.88. The number of nitrogens with two attached hydrogens (primary N) is 1. The predicted octanol–water partition coefficient (Wildman–Crippen LogP) is 1.27. The molecule has 0 aliphatic heterocycles. The van der Waals surface area contributed by atoms with Gasteiger partial charge in [0, 0.05) is 19.3 Å². The zero-order valence-corrected chi connectivity index (χ0v) is 12.5. The number of rotatable bonds is 7. The van der Waals surface area contributed by atoms with E-state index in [1.807, 2.05) is 13.8 Å². The van der Waals surface area contributed by atoms with Crippen LogP contribution >= 0.6 is 11.6 Å². The van der Waals surface area contributed by atoms with Gasteiger partial charge in [-0.2, -0.15) is 0 Å². The molecule has 0 atom stereocenters. The van der Waals surface area contributed by atoms with Crippen LogP contribution in [0.3, 0.4) is 0 Å². The lowest BCUT2D eigenvalue weighted by molar-refractivity contribution is 0.114. The van der Waals surface area contributed by atoms with E-state index in [1.54, 1.807) is 0 Å². The first-order valence-electron chi connectivity index (χ1n) is 5.81. The Morgan fingerprint density at radius 3 is 2.79 bits per heavy atom. The van der Waals surface area contributed by atoms with Crippen molar-refractivity contribution in [2.75, 3.05) is 25.5 Å². The van der Waals surface area contributed by atoms with Crippen molar-refractivity contribution in [3.8, 4) is 0 Å². The molecule has 6 nitrogen and oxygen atoms in total. The first-order valence-corrected chi connectivity index (χ1v) is 7.67. The van der Waals surface area contributed by atoms with Crippen LogP contribution in [0.15, 0.2) is 17.2 Å². The largest absolute Gasteiger partial charge is 0.382 e. The molecule has 0 bridgehead atoms. The minimum absolute atomic E-state index is 0.0180. The molecule has 0 spiro atoms. The van der Waals surface area contributed by atoms with E-state index < -0.39 is 10.0 Å². The third kappa shape index (κ3) is 5.32. The van der Waals surface area contributed by atoms with Gasteiger partial charge in [0.15, 0.2) is 0 Å². The van der Waals surface area contributed by atoms with Gasteiger partial charge in [-0.15, -0.1) is 0 Å². The number of ether oxygens (including phenoxy) is 1. The maximum Gasteiger partial charge on any atom is 0.242 e. The highest BCUT2D eigenvalue weighted by Crippen LogP contribution is 2.19. The van der Waals surface area contributed by atoms with E-state index in [0.29, 0.717) is 19.1 Å². The van der Waals surface area contributed by atoms with Crippen LogP contribution < -0.4 is 10.5 Å². The molecule has 0 radical (unpaired) electrons. The van der Waals surface area contributed by atoms with Crippen LogP contribution in [-0.2, 0) is 14.8 Å². The van der Waals surface area contributed by atoms with Gasteiger partial charge in [-0.25, -0.2) is 18.1 Å². The van der Waals surface area contributed by atoms with Gasteiger partial charge in [0.05, 0.1) is 11.6 Å². The molecule has 0 saturated carbocycles. The maximum absolute atomic E-state index is 11.9. The summed E-state index contributed by atoms with van der Waals surface area (Å²) in [6.07, 6.45) is 1.17. The fraction of sp³-hybridized carbons (Fsp3) is 0.545. The minimum atomic E-state index is -3.63. The van der Waals surface area contributed by atoms with Crippen molar-refractivity contribution >= 4 is 27.4 Å². The molecule has 0 aliphatic carbocycles. The predicted molar refractivity (Wildman–Crippen MR) is 74.5 cm³/mol. The summed E-state index contributed by atoms with van der Waals surface area (Å²) in [6, 6.07) is 1.27. The van der Waals surface area contributed by atoms with Crippen LogP contribution in [0, 0.1) is 5.92 Å². The molecule has 0 unspecified atom stereocenters. The van der Waals surface area contributed by atoms with Crippen LogP contribution in [0.5, 0.6) is 0 Å². The van der Waals surface area contributed by atoms with Gasteiger partial charge in [0.2, 0.25) is 10.0 Å². The zero-order chi connectivity index (χ0) is 14.5. The van der Waals surface area contributed by atoms with E-state index in [0.717, 1.165) is 0 Å². The monoisotopic (exact) mass is 307 g/mol. The molecule has 0 aliphatic rings. The summed E-state index contributed by atoms with van der Waals surface area (Å²) in [5, 5.41) is 0.110. The summed E-state index contributed by atoms with van der Waals surface area (Å²) < 4.78 is 31.5. The summed E-state index contributed by atoms with van der Waals surface area (Å²) in [4.78, 5) is 3.69. The second-order valence-corrected chi connectivity index (χ2v) is 6.58. The molecule has 0 fully saturated rings. The number of nitrogens with one attached hydrogen (secondary N) is 1. The molecular formula is C11H18ClN3O3S. The van der Waals surface area contributed by atoms with Crippen molar-refractivity contribution in [3.05, 3.63) is 17.3 Å². The van der Waals surface area contributed by atoms with Crippen molar-refractivity contribution in [1.29, 1.82) is 0 Å². The number of pyridine rings is 1. The molecule has 8 heteroatoms. The summed E-state index contributed by atoms with van der Waals surface area (Å²) in [5.41, 5.74) is 5.42. The number of nitrogen functional groups attached to an aromatic ring is 1. The second-order valence-electron chi connectivity index (χ2n) is 4.40. The second kappa shape index (κ2) is 7.04. The molecule has 1 aromatic heterocycles. The van der Waals surface area contributed by atoms with E-state index in [9.17, 15) is 8.42 Å². The first kappa shape index (κ1) is 16.2. The van der Waals surface area contributed by atoms with E-state index in [4.69, 9.17) is 22.1 Å². The number of sulfonamides is 1. The lowest BCUT2D eigenvalue weighted by atomic mass is 10.2. The smallest absolute Gasteiger partial charge is 0.242 e. The highest BCUT2D eigenvalue weighted by molar-refractivity contribution is 7.89. The quantitative estimate of drug-likeness (QED) is 0.740. The molecule has 0 aromatic carbocycles. The molecule has 3 N–H and O–H groups in total. The highest BCUT2D eigenvalue weighted by atomic mass is 35.5. The van der Waals surface area contributed by atoms with E-state index in [1.165, 1.54) is 12.3 Å². The van der Waals surface area contributed by atoms with E-state index >= 15 is 0 Å². The Bertz CT molecular complexity index is 520. The molecule has 1 aromatic rings. The molecule has 19 heavy (non-hydrogen) atoms. The highest BCUT2D eigenvalue weighted by Gasteiger charge is 2.15. The molecule has 0 saturated heterocycles. The van der Waals surface area contributed by atoms with E-state index in [-0.39, 0.29) is 22.3 Å². The summed E-state index contributed by atoms with van der Waals surface area (Å²) in [7, 11) is -3.63. The van der Waals surface area contributed by atoms with Crippen LogP contribution in [0.2, 0.25) is 5.02 Å². The number of nitrogens with zero attached hydrogens (tertiary/aromatic N) is 1. The van der Waals surface area contributed by atoms with Crippen LogP contribution in [0.4, 0.5) is 5.82 Å². The third-order valence-electron chi connectivity index (χ3n) is 2.14. The number of halogens is 1. The number of hydrogen-bond acceptors (Lipinski definition) is 5. The van der Waals surface area contributed by atoms with Crippen LogP contribution in [0.25, 0.3) is 0 Å². The molecule has 1 rings (SSSR count). The number of hydrogen-bond donors (Lipinski definition) is 2. The fourth-order valence-corrected chi connectivity index (χ4v) is 2.44. The Hall–Kier alpha value is -0.890. The van der Waals surface area contributed by atoms with Crippen molar-refractivity contribution in [2.24, 2.45) is 5.92 Å².